The third-order valence-corrected chi connectivity index (χ3v) is 3.64. The molecule has 1 aromatic carbocycles. The molecule has 0 aliphatic heterocycles. The number of carbonyl (C=O) groups is 1. The van der Waals surface area contributed by atoms with Crippen molar-refractivity contribution in [3.8, 4) is 0 Å². The van der Waals surface area contributed by atoms with E-state index >= 15 is 0 Å². The van der Waals surface area contributed by atoms with Crippen molar-refractivity contribution in [1.29, 1.82) is 0 Å². The van der Waals surface area contributed by atoms with Gasteiger partial charge < -0.3 is 9.64 Å². The largest absolute Gasteiger partial charge is 0.446 e. The van der Waals surface area contributed by atoms with Crippen molar-refractivity contribution in [3.63, 3.8) is 0 Å². The highest BCUT2D eigenvalue weighted by Gasteiger charge is 2.21. The summed E-state index contributed by atoms with van der Waals surface area (Å²) < 4.78 is 5.24. The van der Waals surface area contributed by atoms with Crippen LogP contribution in [0.2, 0.25) is 0 Å². The van der Waals surface area contributed by atoms with E-state index in [4.69, 9.17) is 4.74 Å². The van der Waals surface area contributed by atoms with Crippen molar-refractivity contribution < 1.29 is 9.53 Å². The number of carbonyl (C=O) groups excluding carboxylic acids is 1. The zero-order valence-electron chi connectivity index (χ0n) is 12.2. The van der Waals surface area contributed by atoms with E-state index in [1.807, 2.05) is 43.1 Å². The van der Waals surface area contributed by atoms with Crippen LogP contribution in [0.4, 0.5) is 16.2 Å². The van der Waals surface area contributed by atoms with Crippen molar-refractivity contribution in [3.05, 3.63) is 24.3 Å². The topological polar surface area (TPSA) is 53.9 Å². The molecule has 5 heteroatoms. The Bertz CT molecular complexity index is 492. The minimum atomic E-state index is -0.373. The molecule has 0 unspecified atom stereocenters. The molecule has 0 heterocycles. The Morgan fingerprint density at radius 3 is 2.50 bits per heavy atom. The van der Waals surface area contributed by atoms with E-state index in [1.54, 1.807) is 7.05 Å². The molecule has 1 N–H and O–H groups in total. The molecule has 0 bridgehead atoms. The molecule has 0 aromatic heterocycles. The van der Waals surface area contributed by atoms with Crippen LogP contribution in [0.25, 0.3) is 0 Å². The second-order valence-corrected chi connectivity index (χ2v) is 4.96. The molecule has 20 heavy (non-hydrogen) atoms. The molecular weight excluding hydrogens is 254 g/mol. The molecule has 1 amide bonds. The molecule has 1 fully saturated rings. The van der Waals surface area contributed by atoms with Gasteiger partial charge in [0, 0.05) is 25.5 Å². The predicted molar refractivity (Wildman–Crippen MR) is 81.6 cm³/mol. The summed E-state index contributed by atoms with van der Waals surface area (Å²) in [5.41, 5.74) is 1.75. The van der Waals surface area contributed by atoms with Gasteiger partial charge in [-0.2, -0.15) is 0 Å². The van der Waals surface area contributed by atoms with Gasteiger partial charge in [-0.3, -0.25) is 10.3 Å². The summed E-state index contributed by atoms with van der Waals surface area (Å²) in [6, 6.07) is 7.59. The fourth-order valence-electron chi connectivity index (χ4n) is 1.89. The van der Waals surface area contributed by atoms with Gasteiger partial charge in [-0.25, -0.2) is 4.79 Å². The van der Waals surface area contributed by atoms with E-state index in [0.29, 0.717) is 0 Å². The van der Waals surface area contributed by atoms with E-state index in [0.717, 1.165) is 36.5 Å². The number of nitrogens with one attached hydrogen (secondary N) is 1. The number of anilines is 2. The number of benzene rings is 1. The summed E-state index contributed by atoms with van der Waals surface area (Å²) in [5.74, 6) is 0.926. The molecule has 0 spiro atoms. The first kappa shape index (κ1) is 14.4. The minimum absolute atomic E-state index is 0.101. The molecule has 1 aliphatic carbocycles. The molecule has 108 valence electrons. The number of aliphatic imine (C=N–C) groups is 1. The Morgan fingerprint density at radius 2 is 2.00 bits per heavy atom. The molecule has 0 saturated heterocycles. The van der Waals surface area contributed by atoms with Gasteiger partial charge in [0.1, 0.15) is 6.10 Å². The average Bonchev–Trinajstić information content (AvgIpc) is 2.42. The minimum Gasteiger partial charge on any atom is -0.446 e. The zero-order valence-corrected chi connectivity index (χ0v) is 12.2. The average molecular weight is 275 g/mol. The Hall–Kier alpha value is -2.04. The van der Waals surface area contributed by atoms with Crippen molar-refractivity contribution in [2.45, 2.75) is 32.3 Å². The van der Waals surface area contributed by atoms with E-state index in [-0.39, 0.29) is 12.2 Å². The van der Waals surface area contributed by atoms with E-state index in [9.17, 15) is 4.79 Å². The maximum Gasteiger partial charge on any atom is 0.411 e. The van der Waals surface area contributed by atoms with Crippen molar-refractivity contribution in [2.24, 2.45) is 4.99 Å². The summed E-state index contributed by atoms with van der Waals surface area (Å²) in [5, 5.41) is 2.74. The van der Waals surface area contributed by atoms with Crippen LogP contribution in [0.3, 0.4) is 0 Å². The van der Waals surface area contributed by atoms with Crippen molar-refractivity contribution >= 4 is 23.3 Å². The fourth-order valence-corrected chi connectivity index (χ4v) is 1.89. The van der Waals surface area contributed by atoms with Crippen LogP contribution in [0.1, 0.15) is 26.2 Å². The predicted octanol–water partition coefficient (Wildman–Crippen LogP) is 3.27. The van der Waals surface area contributed by atoms with Crippen LogP contribution in [0.5, 0.6) is 0 Å². The van der Waals surface area contributed by atoms with E-state index in [2.05, 4.69) is 10.3 Å². The maximum absolute atomic E-state index is 11.6. The van der Waals surface area contributed by atoms with Crippen LogP contribution in [-0.4, -0.2) is 32.1 Å². The highest BCUT2D eigenvalue weighted by Crippen LogP contribution is 2.23. The van der Waals surface area contributed by atoms with Gasteiger partial charge in [0.2, 0.25) is 0 Å². The molecular formula is C15H21N3O2. The van der Waals surface area contributed by atoms with Crippen molar-refractivity contribution in [1.82, 2.24) is 0 Å². The number of rotatable bonds is 3. The summed E-state index contributed by atoms with van der Waals surface area (Å²) in [6.45, 7) is 1.95. The Labute approximate surface area is 119 Å². The first-order valence-corrected chi connectivity index (χ1v) is 6.85. The summed E-state index contributed by atoms with van der Waals surface area (Å²) in [6.07, 6.45) is 2.84. The zero-order chi connectivity index (χ0) is 14.5. The van der Waals surface area contributed by atoms with Crippen LogP contribution < -0.4 is 10.2 Å². The van der Waals surface area contributed by atoms with Gasteiger partial charge in [0.15, 0.2) is 0 Å². The standard InChI is InChI=1S/C15H21N3O2/c1-11(16-2)18(3)13-9-7-12(8-10-13)17-15(19)20-14-5-4-6-14/h7-10,14H,4-6H2,1-3H3,(H,17,19). The molecule has 0 atom stereocenters. The number of amides is 1. The first-order chi connectivity index (χ1) is 9.60. The molecule has 2 rings (SSSR count). The second kappa shape index (κ2) is 6.41. The van der Waals surface area contributed by atoms with Gasteiger partial charge in [0.25, 0.3) is 0 Å². The molecule has 1 saturated carbocycles. The van der Waals surface area contributed by atoms with E-state index < -0.39 is 0 Å². The number of hydrogen-bond donors (Lipinski definition) is 1. The molecule has 1 aromatic rings. The number of nitrogens with zero attached hydrogens (tertiary/aromatic N) is 2. The lowest BCUT2D eigenvalue weighted by atomic mass is 9.96. The molecule has 0 radical (unpaired) electrons. The van der Waals surface area contributed by atoms with Crippen LogP contribution >= 0.6 is 0 Å². The van der Waals surface area contributed by atoms with Gasteiger partial charge in [-0.1, -0.05) is 0 Å². The highest BCUT2D eigenvalue weighted by molar-refractivity contribution is 5.95. The fraction of sp³-hybridized carbons (Fsp3) is 0.467. The Balaban J connectivity index is 1.92. The quantitative estimate of drug-likeness (QED) is 0.680. The Morgan fingerprint density at radius 1 is 1.35 bits per heavy atom. The maximum atomic E-state index is 11.6. The van der Waals surface area contributed by atoms with Gasteiger partial charge in [-0.05, 0) is 50.5 Å². The number of hydrogen-bond acceptors (Lipinski definition) is 3. The van der Waals surface area contributed by atoms with Gasteiger partial charge >= 0.3 is 6.09 Å². The third-order valence-electron chi connectivity index (χ3n) is 3.64. The van der Waals surface area contributed by atoms with Gasteiger partial charge in [-0.15, -0.1) is 0 Å². The smallest absolute Gasteiger partial charge is 0.411 e. The van der Waals surface area contributed by atoms with Crippen molar-refractivity contribution in [2.75, 3.05) is 24.3 Å². The van der Waals surface area contributed by atoms with Gasteiger partial charge in [0.05, 0.1) is 5.84 Å². The van der Waals surface area contributed by atoms with Crippen LogP contribution in [-0.2, 0) is 4.74 Å². The lowest BCUT2D eigenvalue weighted by molar-refractivity contribution is 0.0624. The SMILES string of the molecule is CN=C(C)N(C)c1ccc(NC(=O)OC2CCC2)cc1. The lowest BCUT2D eigenvalue weighted by Crippen LogP contribution is -2.27. The normalized spacial score (nSPS) is 15.4. The molecule has 1 aliphatic rings. The monoisotopic (exact) mass is 275 g/mol. The first-order valence-electron chi connectivity index (χ1n) is 6.85. The van der Waals surface area contributed by atoms with Crippen LogP contribution in [0.15, 0.2) is 29.3 Å². The molecule has 5 nitrogen and oxygen atoms in total. The summed E-state index contributed by atoms with van der Waals surface area (Å²) in [7, 11) is 3.72. The summed E-state index contributed by atoms with van der Waals surface area (Å²) in [4.78, 5) is 17.7. The van der Waals surface area contributed by atoms with E-state index in [1.165, 1.54) is 0 Å². The third kappa shape index (κ3) is 3.50. The lowest BCUT2D eigenvalue weighted by Gasteiger charge is -2.25. The highest BCUT2D eigenvalue weighted by atomic mass is 16.6. The Kier molecular flexibility index (Phi) is 4.61. The summed E-state index contributed by atoms with van der Waals surface area (Å²) >= 11 is 0. The van der Waals surface area contributed by atoms with Crippen LogP contribution in [0, 0.1) is 0 Å². The second-order valence-electron chi connectivity index (χ2n) is 4.96. The number of ether oxygens (including phenoxy) is 1. The number of amidine groups is 1.